The van der Waals surface area contributed by atoms with Crippen molar-refractivity contribution in [1.29, 1.82) is 0 Å². The van der Waals surface area contributed by atoms with E-state index in [1.165, 1.54) is 0 Å². The van der Waals surface area contributed by atoms with Crippen LogP contribution < -0.4 is 4.73 Å². The molecule has 4 nitrogen and oxygen atoms in total. The second-order valence-electron chi connectivity index (χ2n) is 4.83. The van der Waals surface area contributed by atoms with Gasteiger partial charge in [0.2, 0.25) is 5.69 Å². The summed E-state index contributed by atoms with van der Waals surface area (Å²) in [5, 5.41) is 13.9. The van der Waals surface area contributed by atoms with E-state index in [2.05, 4.69) is 0 Å². The van der Waals surface area contributed by atoms with E-state index in [1.54, 1.807) is 6.20 Å². The van der Waals surface area contributed by atoms with E-state index in [1.807, 2.05) is 30.3 Å². The number of benzene rings is 1. The summed E-state index contributed by atoms with van der Waals surface area (Å²) in [6.07, 6.45) is 4.56. The zero-order valence-electron chi connectivity index (χ0n) is 10.7. The van der Waals surface area contributed by atoms with Crippen molar-refractivity contribution in [2.75, 3.05) is 6.61 Å². The summed E-state index contributed by atoms with van der Waals surface area (Å²) in [6.45, 7) is 1.04. The Bertz CT molecular complexity index is 564. The lowest BCUT2D eigenvalue weighted by molar-refractivity contribution is -0.615. The van der Waals surface area contributed by atoms with Gasteiger partial charge in [-0.15, -0.1) is 0 Å². The summed E-state index contributed by atoms with van der Waals surface area (Å²) in [6, 6.07) is 9.69. The summed E-state index contributed by atoms with van der Waals surface area (Å²) in [5.74, 6) is 0. The lowest BCUT2D eigenvalue weighted by atomic mass is 10.1. The molecule has 1 unspecified atom stereocenters. The third-order valence-corrected chi connectivity index (χ3v) is 3.41. The van der Waals surface area contributed by atoms with Crippen molar-refractivity contribution in [1.82, 2.24) is 0 Å². The molecule has 1 saturated heterocycles. The standard InChI is InChI=1S/C15H17NO3/c17-16-10-13-6-2-1-5-12(13)9-14(16)11-19-15-7-3-4-8-18-15/h1-2,5-6,9-10,15H,3-4,7-8,11H2. The van der Waals surface area contributed by atoms with Crippen LogP contribution in [0.5, 0.6) is 0 Å². The van der Waals surface area contributed by atoms with E-state index in [0.29, 0.717) is 12.3 Å². The van der Waals surface area contributed by atoms with Gasteiger partial charge in [-0.05, 0) is 30.7 Å². The molecule has 1 aromatic carbocycles. The molecule has 1 aromatic heterocycles. The van der Waals surface area contributed by atoms with E-state index in [9.17, 15) is 5.21 Å². The summed E-state index contributed by atoms with van der Waals surface area (Å²) >= 11 is 0. The van der Waals surface area contributed by atoms with Gasteiger partial charge in [0.25, 0.3) is 0 Å². The molecule has 1 aliphatic rings. The number of pyridine rings is 1. The van der Waals surface area contributed by atoms with Crippen molar-refractivity contribution >= 4 is 10.8 Å². The molecule has 0 N–H and O–H groups in total. The van der Waals surface area contributed by atoms with Gasteiger partial charge >= 0.3 is 0 Å². The molecule has 1 atom stereocenters. The number of nitrogens with zero attached hydrogens (tertiary/aromatic N) is 1. The third-order valence-electron chi connectivity index (χ3n) is 3.41. The molecule has 0 amide bonds. The van der Waals surface area contributed by atoms with Crippen molar-refractivity contribution in [2.45, 2.75) is 32.2 Å². The Morgan fingerprint density at radius 3 is 2.89 bits per heavy atom. The number of ether oxygens (including phenoxy) is 2. The minimum atomic E-state index is -0.166. The lowest BCUT2D eigenvalue weighted by Crippen LogP contribution is -2.33. The van der Waals surface area contributed by atoms with Crippen LogP contribution in [0.25, 0.3) is 10.8 Å². The Kier molecular flexibility index (Phi) is 3.62. The minimum Gasteiger partial charge on any atom is -0.618 e. The van der Waals surface area contributed by atoms with Gasteiger partial charge in [0, 0.05) is 18.1 Å². The minimum absolute atomic E-state index is 0.166. The zero-order valence-corrected chi connectivity index (χ0v) is 10.7. The van der Waals surface area contributed by atoms with Crippen LogP contribution >= 0.6 is 0 Å². The highest BCUT2D eigenvalue weighted by Gasteiger charge is 2.16. The highest BCUT2D eigenvalue weighted by Crippen LogP contribution is 2.16. The number of rotatable bonds is 3. The summed E-state index contributed by atoms with van der Waals surface area (Å²) < 4.78 is 12.0. The van der Waals surface area contributed by atoms with E-state index in [0.717, 1.165) is 41.4 Å². The Morgan fingerprint density at radius 1 is 1.26 bits per heavy atom. The Balaban J connectivity index is 1.74. The molecule has 2 aromatic rings. The SMILES string of the molecule is [O-][n+]1cc2ccccc2cc1COC1CCCCO1. The monoisotopic (exact) mass is 259 g/mol. The lowest BCUT2D eigenvalue weighted by Gasteiger charge is -2.22. The van der Waals surface area contributed by atoms with Crippen molar-refractivity contribution in [3.05, 3.63) is 47.4 Å². The third kappa shape index (κ3) is 2.85. The quantitative estimate of drug-likeness (QED) is 0.628. The molecular weight excluding hydrogens is 242 g/mol. The predicted molar refractivity (Wildman–Crippen MR) is 71.3 cm³/mol. The van der Waals surface area contributed by atoms with Crippen LogP contribution in [0.2, 0.25) is 0 Å². The molecule has 100 valence electrons. The maximum atomic E-state index is 11.9. The Labute approximate surface area is 112 Å². The Hall–Kier alpha value is -1.65. The van der Waals surface area contributed by atoms with E-state index < -0.39 is 0 Å². The number of aromatic nitrogens is 1. The van der Waals surface area contributed by atoms with Gasteiger partial charge in [0.15, 0.2) is 12.5 Å². The number of hydrogen-bond donors (Lipinski definition) is 0. The van der Waals surface area contributed by atoms with Crippen LogP contribution in [0.4, 0.5) is 0 Å². The highest BCUT2D eigenvalue weighted by molar-refractivity contribution is 5.80. The fraction of sp³-hybridized carbons (Fsp3) is 0.400. The molecule has 0 saturated carbocycles. The van der Waals surface area contributed by atoms with Gasteiger partial charge in [0.05, 0.1) is 0 Å². The van der Waals surface area contributed by atoms with E-state index in [-0.39, 0.29) is 6.29 Å². The van der Waals surface area contributed by atoms with Crippen LogP contribution in [-0.4, -0.2) is 12.9 Å². The second kappa shape index (κ2) is 5.55. The van der Waals surface area contributed by atoms with Crippen LogP contribution in [-0.2, 0) is 16.1 Å². The smallest absolute Gasteiger partial charge is 0.219 e. The van der Waals surface area contributed by atoms with Crippen molar-refractivity contribution in [2.24, 2.45) is 0 Å². The maximum absolute atomic E-state index is 11.9. The fourth-order valence-electron chi connectivity index (χ4n) is 2.34. The van der Waals surface area contributed by atoms with Gasteiger partial charge in [-0.2, -0.15) is 4.73 Å². The average Bonchev–Trinajstić information content (AvgIpc) is 2.46. The van der Waals surface area contributed by atoms with Crippen LogP contribution in [0.3, 0.4) is 0 Å². The normalized spacial score (nSPS) is 19.7. The first kappa shape index (κ1) is 12.4. The van der Waals surface area contributed by atoms with Gasteiger partial charge < -0.3 is 14.7 Å². The van der Waals surface area contributed by atoms with E-state index >= 15 is 0 Å². The largest absolute Gasteiger partial charge is 0.618 e. The maximum Gasteiger partial charge on any atom is 0.219 e. The molecule has 1 fully saturated rings. The molecule has 0 spiro atoms. The molecule has 0 bridgehead atoms. The summed E-state index contributed by atoms with van der Waals surface area (Å²) in [5.41, 5.74) is 0.618. The fourth-order valence-corrected chi connectivity index (χ4v) is 2.34. The van der Waals surface area contributed by atoms with Crippen molar-refractivity contribution in [3.8, 4) is 0 Å². The average molecular weight is 259 g/mol. The van der Waals surface area contributed by atoms with Crippen molar-refractivity contribution < 1.29 is 14.2 Å². The van der Waals surface area contributed by atoms with Gasteiger partial charge in [-0.3, -0.25) is 0 Å². The first-order chi connectivity index (χ1) is 9.33. The molecule has 19 heavy (non-hydrogen) atoms. The van der Waals surface area contributed by atoms with E-state index in [4.69, 9.17) is 9.47 Å². The van der Waals surface area contributed by atoms with Gasteiger partial charge in [0.1, 0.15) is 6.61 Å². The second-order valence-corrected chi connectivity index (χ2v) is 4.83. The number of fused-ring (bicyclic) bond motifs is 1. The zero-order chi connectivity index (χ0) is 13.1. The van der Waals surface area contributed by atoms with Crippen molar-refractivity contribution in [3.63, 3.8) is 0 Å². The molecule has 0 radical (unpaired) electrons. The van der Waals surface area contributed by atoms with Crippen LogP contribution in [0.15, 0.2) is 36.5 Å². The first-order valence-corrected chi connectivity index (χ1v) is 6.67. The van der Waals surface area contributed by atoms with Crippen LogP contribution in [0, 0.1) is 5.21 Å². The molecule has 0 aliphatic carbocycles. The number of hydrogen-bond acceptors (Lipinski definition) is 3. The first-order valence-electron chi connectivity index (χ1n) is 6.67. The topological polar surface area (TPSA) is 45.4 Å². The molecule has 3 rings (SSSR count). The molecule has 2 heterocycles. The molecule has 1 aliphatic heterocycles. The summed E-state index contributed by atoms with van der Waals surface area (Å²) in [4.78, 5) is 0. The highest BCUT2D eigenvalue weighted by atomic mass is 16.7. The predicted octanol–water partition coefficient (Wildman–Crippen LogP) is 2.52. The molecule has 4 heteroatoms. The van der Waals surface area contributed by atoms with Crippen LogP contribution in [0.1, 0.15) is 25.0 Å². The molecular formula is C15H17NO3. The summed E-state index contributed by atoms with van der Waals surface area (Å²) in [7, 11) is 0. The Morgan fingerprint density at radius 2 is 2.11 bits per heavy atom. The van der Waals surface area contributed by atoms with Gasteiger partial charge in [-0.25, -0.2) is 0 Å². The van der Waals surface area contributed by atoms with Gasteiger partial charge in [-0.1, -0.05) is 18.2 Å².